The van der Waals surface area contributed by atoms with Gasteiger partial charge in [-0.1, -0.05) is 37.3 Å². The number of hydrogen-bond acceptors (Lipinski definition) is 3. The third-order valence-corrected chi connectivity index (χ3v) is 3.22. The number of nitriles is 1. The number of ketones is 1. The van der Waals surface area contributed by atoms with Crippen LogP contribution in [0.4, 0.5) is 0 Å². The predicted molar refractivity (Wildman–Crippen MR) is 76.3 cm³/mol. The highest BCUT2D eigenvalue weighted by atomic mass is 16.1. The van der Waals surface area contributed by atoms with Crippen LogP contribution in [0.15, 0.2) is 42.6 Å². The van der Waals surface area contributed by atoms with Crippen molar-refractivity contribution in [2.24, 2.45) is 0 Å². The monoisotopic (exact) mass is 267 g/mol. The number of carbonyl (C=O) groups excluding carboxylic acids is 1. The fourth-order valence-electron chi connectivity index (χ4n) is 2.25. The molecule has 0 saturated carbocycles. The van der Waals surface area contributed by atoms with Crippen LogP contribution in [0.1, 0.15) is 41.7 Å². The number of benzene rings is 1. The Morgan fingerprint density at radius 1 is 1.35 bits per heavy atom. The van der Waals surface area contributed by atoms with Crippen LogP contribution in [0, 0.1) is 11.3 Å². The number of nitrogens with zero attached hydrogens (tertiary/aromatic N) is 3. The van der Waals surface area contributed by atoms with Gasteiger partial charge < -0.3 is 0 Å². The molecule has 0 aliphatic carbocycles. The van der Waals surface area contributed by atoms with Gasteiger partial charge >= 0.3 is 0 Å². The summed E-state index contributed by atoms with van der Waals surface area (Å²) >= 11 is 0. The van der Waals surface area contributed by atoms with Crippen LogP contribution < -0.4 is 0 Å². The van der Waals surface area contributed by atoms with Gasteiger partial charge in [-0.05, 0) is 18.1 Å². The van der Waals surface area contributed by atoms with E-state index in [-0.39, 0.29) is 12.2 Å². The second-order valence-electron chi connectivity index (χ2n) is 4.63. The van der Waals surface area contributed by atoms with Crippen LogP contribution in [-0.2, 0) is 6.54 Å². The lowest BCUT2D eigenvalue weighted by atomic mass is 9.90. The molecule has 0 bridgehead atoms. The predicted octanol–water partition coefficient (Wildman–Crippen LogP) is 3.17. The smallest absolute Gasteiger partial charge is 0.189 e. The van der Waals surface area contributed by atoms with Crippen molar-refractivity contribution >= 4 is 5.78 Å². The van der Waals surface area contributed by atoms with E-state index in [0.717, 1.165) is 12.0 Å². The van der Waals surface area contributed by atoms with Crippen LogP contribution in [-0.4, -0.2) is 15.6 Å². The molecule has 0 spiro atoms. The largest absolute Gasteiger partial charge is 0.292 e. The summed E-state index contributed by atoms with van der Waals surface area (Å²) in [7, 11) is 0. The second kappa shape index (κ2) is 6.67. The zero-order chi connectivity index (χ0) is 14.4. The summed E-state index contributed by atoms with van der Waals surface area (Å²) in [5.74, 6) is -0.461. The Morgan fingerprint density at radius 2 is 2.10 bits per heavy atom. The minimum atomic E-state index is -0.423. The molecule has 0 saturated heterocycles. The first-order valence-corrected chi connectivity index (χ1v) is 6.75. The lowest BCUT2D eigenvalue weighted by molar-refractivity contribution is 0.0949. The number of hydrogen-bond donors (Lipinski definition) is 0. The first-order chi connectivity index (χ1) is 9.77. The topological polar surface area (TPSA) is 58.7 Å². The van der Waals surface area contributed by atoms with Gasteiger partial charge in [0.15, 0.2) is 5.78 Å². The van der Waals surface area contributed by atoms with Gasteiger partial charge in [-0.15, -0.1) is 0 Å². The van der Waals surface area contributed by atoms with Gasteiger partial charge in [-0.2, -0.15) is 10.4 Å². The average molecular weight is 267 g/mol. The fourth-order valence-corrected chi connectivity index (χ4v) is 2.25. The van der Waals surface area contributed by atoms with E-state index in [9.17, 15) is 4.79 Å². The van der Waals surface area contributed by atoms with Crippen molar-refractivity contribution in [2.75, 3.05) is 0 Å². The lowest BCUT2D eigenvalue weighted by Crippen LogP contribution is -2.17. The highest BCUT2D eigenvalue weighted by Gasteiger charge is 2.24. The van der Waals surface area contributed by atoms with E-state index in [4.69, 9.17) is 5.26 Å². The van der Waals surface area contributed by atoms with Gasteiger partial charge in [-0.3, -0.25) is 9.48 Å². The molecule has 4 heteroatoms. The van der Waals surface area contributed by atoms with E-state index < -0.39 is 5.92 Å². The lowest BCUT2D eigenvalue weighted by Gasteiger charge is -2.14. The quantitative estimate of drug-likeness (QED) is 0.755. The summed E-state index contributed by atoms with van der Waals surface area (Å²) in [6.45, 7) is 2.75. The molecular formula is C16H17N3O. The van der Waals surface area contributed by atoms with Gasteiger partial charge in [0, 0.05) is 19.2 Å². The van der Waals surface area contributed by atoms with E-state index in [2.05, 4.69) is 11.2 Å². The maximum atomic E-state index is 12.7. The normalized spacial score (nSPS) is 11.8. The average Bonchev–Trinajstić information content (AvgIpc) is 2.94. The minimum Gasteiger partial charge on any atom is -0.292 e. The third-order valence-electron chi connectivity index (χ3n) is 3.22. The van der Waals surface area contributed by atoms with Crippen LogP contribution in [0.5, 0.6) is 0 Å². The highest BCUT2D eigenvalue weighted by Crippen LogP contribution is 2.24. The molecule has 2 aromatic rings. The molecular weight excluding hydrogens is 250 g/mol. The zero-order valence-corrected chi connectivity index (χ0v) is 11.5. The summed E-state index contributed by atoms with van der Waals surface area (Å²) in [5, 5.41) is 13.2. The molecule has 0 N–H and O–H groups in total. The molecule has 0 amide bonds. The maximum Gasteiger partial charge on any atom is 0.189 e. The van der Waals surface area contributed by atoms with Crippen molar-refractivity contribution in [1.29, 1.82) is 5.26 Å². The fraction of sp³-hybridized carbons (Fsp3) is 0.312. The Labute approximate surface area is 118 Å². The Hall–Kier alpha value is -2.41. The van der Waals surface area contributed by atoms with Crippen molar-refractivity contribution in [2.45, 2.75) is 32.2 Å². The van der Waals surface area contributed by atoms with Crippen molar-refractivity contribution in [1.82, 2.24) is 9.78 Å². The molecule has 1 heterocycles. The van der Waals surface area contributed by atoms with Crippen molar-refractivity contribution in [3.05, 3.63) is 53.9 Å². The van der Waals surface area contributed by atoms with E-state index in [1.54, 1.807) is 16.9 Å². The van der Waals surface area contributed by atoms with Crippen molar-refractivity contribution in [3.8, 4) is 6.07 Å². The molecule has 1 aromatic heterocycles. The Balaban J connectivity index is 2.32. The van der Waals surface area contributed by atoms with E-state index >= 15 is 0 Å². The van der Waals surface area contributed by atoms with Crippen LogP contribution in [0.3, 0.4) is 0 Å². The summed E-state index contributed by atoms with van der Waals surface area (Å²) in [6.07, 6.45) is 2.73. The van der Waals surface area contributed by atoms with Crippen LogP contribution in [0.25, 0.3) is 0 Å². The molecule has 20 heavy (non-hydrogen) atoms. The van der Waals surface area contributed by atoms with Gasteiger partial charge in [-0.25, -0.2) is 0 Å². The Morgan fingerprint density at radius 3 is 2.75 bits per heavy atom. The standard InChI is InChI=1S/C16H17N3O/c1-2-12-19-15(9-11-18-19)16(20)14(8-10-17)13-6-4-3-5-7-13/h3-7,9,11,14H,2,8,12H2,1H3. The van der Waals surface area contributed by atoms with E-state index in [0.29, 0.717) is 12.2 Å². The summed E-state index contributed by atoms with van der Waals surface area (Å²) in [6, 6.07) is 13.3. The SMILES string of the molecule is CCCn1nccc1C(=O)C(CC#N)c1ccccc1. The van der Waals surface area contributed by atoms with Crippen molar-refractivity contribution < 1.29 is 4.79 Å². The Kier molecular flexibility index (Phi) is 4.67. The summed E-state index contributed by atoms with van der Waals surface area (Å²) in [4.78, 5) is 12.7. The van der Waals surface area contributed by atoms with Crippen LogP contribution in [0.2, 0.25) is 0 Å². The molecule has 0 aliphatic heterocycles. The zero-order valence-electron chi connectivity index (χ0n) is 11.5. The summed E-state index contributed by atoms with van der Waals surface area (Å²) < 4.78 is 1.72. The van der Waals surface area contributed by atoms with Gasteiger partial charge in [0.2, 0.25) is 0 Å². The molecule has 4 nitrogen and oxygen atoms in total. The van der Waals surface area contributed by atoms with Crippen molar-refractivity contribution in [3.63, 3.8) is 0 Å². The first kappa shape index (κ1) is 14.0. The van der Waals surface area contributed by atoms with Gasteiger partial charge in [0.25, 0.3) is 0 Å². The minimum absolute atomic E-state index is 0.0382. The Bertz CT molecular complexity index is 610. The molecule has 0 radical (unpaired) electrons. The third kappa shape index (κ3) is 2.94. The first-order valence-electron chi connectivity index (χ1n) is 6.75. The number of carbonyl (C=O) groups is 1. The van der Waals surface area contributed by atoms with Crippen LogP contribution >= 0.6 is 0 Å². The molecule has 0 aliphatic rings. The maximum absolute atomic E-state index is 12.7. The molecule has 1 aromatic carbocycles. The van der Waals surface area contributed by atoms with Gasteiger partial charge in [0.05, 0.1) is 12.0 Å². The number of rotatable bonds is 6. The number of Topliss-reactive ketones (excluding diaryl/α,β-unsaturated/α-hetero) is 1. The second-order valence-corrected chi connectivity index (χ2v) is 4.63. The molecule has 0 fully saturated rings. The molecule has 2 rings (SSSR count). The van der Waals surface area contributed by atoms with E-state index in [1.807, 2.05) is 37.3 Å². The number of aryl methyl sites for hydroxylation is 1. The van der Waals surface area contributed by atoms with E-state index in [1.165, 1.54) is 0 Å². The number of aromatic nitrogens is 2. The van der Waals surface area contributed by atoms with Gasteiger partial charge in [0.1, 0.15) is 5.69 Å². The highest BCUT2D eigenvalue weighted by molar-refractivity contribution is 5.99. The molecule has 1 atom stereocenters. The summed E-state index contributed by atoms with van der Waals surface area (Å²) in [5.41, 5.74) is 1.46. The molecule has 1 unspecified atom stereocenters. The molecule has 102 valence electrons.